The van der Waals surface area contributed by atoms with Gasteiger partial charge in [-0.1, -0.05) is 34.8 Å². The van der Waals surface area contributed by atoms with Crippen LogP contribution >= 0.6 is 47.0 Å². The number of anilines is 2. The van der Waals surface area contributed by atoms with Gasteiger partial charge in [0.1, 0.15) is 5.82 Å². The molecule has 2 rings (SSSR count). The first-order valence-electron chi connectivity index (χ1n) is 5.85. The number of hydrogen-bond donors (Lipinski definition) is 2. The first-order valence-corrected chi connectivity index (χ1v) is 7.39. The highest BCUT2D eigenvalue weighted by atomic mass is 35.5. The van der Waals surface area contributed by atoms with Gasteiger partial charge in [-0.15, -0.1) is 0 Å². The highest BCUT2D eigenvalue weighted by molar-refractivity contribution is 7.80. The second-order valence-corrected chi connectivity index (χ2v) is 6.01. The Morgan fingerprint density at radius 3 is 2.24 bits per heavy atom. The summed E-state index contributed by atoms with van der Waals surface area (Å²) < 4.78 is 13.3. The number of thiocarbonyl (C=S) groups is 1. The molecule has 0 amide bonds. The molecule has 0 heterocycles. The van der Waals surface area contributed by atoms with E-state index in [0.29, 0.717) is 32.1 Å². The molecular weight excluding hydrogens is 354 g/mol. The molecule has 7 heteroatoms. The third-order valence-corrected chi connectivity index (χ3v) is 3.57. The van der Waals surface area contributed by atoms with Gasteiger partial charge in [0.25, 0.3) is 0 Å². The van der Waals surface area contributed by atoms with Crippen LogP contribution in [0.3, 0.4) is 0 Å². The summed E-state index contributed by atoms with van der Waals surface area (Å²) in [5.74, 6) is -0.369. The number of benzene rings is 2. The van der Waals surface area contributed by atoms with Crippen LogP contribution in [-0.4, -0.2) is 5.11 Å². The topological polar surface area (TPSA) is 24.1 Å². The zero-order valence-electron chi connectivity index (χ0n) is 10.8. The van der Waals surface area contributed by atoms with Crippen LogP contribution in [0.4, 0.5) is 15.8 Å². The number of halogens is 4. The molecule has 2 aromatic carbocycles. The fourth-order valence-electron chi connectivity index (χ4n) is 1.66. The summed E-state index contributed by atoms with van der Waals surface area (Å²) in [6.07, 6.45) is 0. The lowest BCUT2D eigenvalue weighted by Gasteiger charge is -2.13. The van der Waals surface area contributed by atoms with Crippen molar-refractivity contribution in [2.75, 3.05) is 10.6 Å². The summed E-state index contributed by atoms with van der Waals surface area (Å²) in [6, 6.07) is 7.79. The van der Waals surface area contributed by atoms with Crippen LogP contribution in [-0.2, 0) is 0 Å². The van der Waals surface area contributed by atoms with Crippen molar-refractivity contribution >= 4 is 63.5 Å². The van der Waals surface area contributed by atoms with E-state index in [1.165, 1.54) is 6.07 Å². The molecular formula is C14H10Cl3FN2S. The van der Waals surface area contributed by atoms with Crippen molar-refractivity contribution < 1.29 is 4.39 Å². The number of hydrogen-bond acceptors (Lipinski definition) is 1. The molecule has 2 N–H and O–H groups in total. The maximum atomic E-state index is 13.3. The summed E-state index contributed by atoms with van der Waals surface area (Å²) in [6.45, 7) is 1.64. The summed E-state index contributed by atoms with van der Waals surface area (Å²) in [5.41, 5.74) is 1.62. The van der Waals surface area contributed by atoms with Gasteiger partial charge in [0.2, 0.25) is 0 Å². The van der Waals surface area contributed by atoms with Crippen molar-refractivity contribution in [3.8, 4) is 0 Å². The lowest BCUT2D eigenvalue weighted by molar-refractivity contribution is 0.619. The Morgan fingerprint density at radius 2 is 1.62 bits per heavy atom. The van der Waals surface area contributed by atoms with E-state index in [1.807, 2.05) is 0 Å². The van der Waals surface area contributed by atoms with Gasteiger partial charge in [-0.05, 0) is 55.0 Å². The number of nitrogens with one attached hydrogen (secondary N) is 2. The average Bonchev–Trinajstić information content (AvgIpc) is 2.34. The molecule has 0 fully saturated rings. The predicted octanol–water partition coefficient (Wildman–Crippen LogP) is 5.90. The average molecular weight is 364 g/mol. The van der Waals surface area contributed by atoms with Gasteiger partial charge in [-0.2, -0.15) is 0 Å². The molecule has 0 aliphatic heterocycles. The molecule has 0 aliphatic rings. The van der Waals surface area contributed by atoms with Gasteiger partial charge in [-0.25, -0.2) is 4.39 Å². The summed E-state index contributed by atoms with van der Waals surface area (Å²) in [5, 5.41) is 7.35. The normalized spacial score (nSPS) is 10.3. The van der Waals surface area contributed by atoms with Crippen molar-refractivity contribution in [2.45, 2.75) is 6.92 Å². The summed E-state index contributed by atoms with van der Waals surface area (Å²) in [4.78, 5) is 0. The predicted molar refractivity (Wildman–Crippen MR) is 92.5 cm³/mol. The summed E-state index contributed by atoms with van der Waals surface area (Å²) in [7, 11) is 0. The van der Waals surface area contributed by atoms with Gasteiger partial charge in [-0.3, -0.25) is 0 Å². The molecule has 0 aliphatic carbocycles. The Labute approximate surface area is 142 Å². The van der Waals surface area contributed by atoms with Crippen LogP contribution in [0.1, 0.15) is 5.56 Å². The molecule has 0 bridgehead atoms. The van der Waals surface area contributed by atoms with E-state index >= 15 is 0 Å². The van der Waals surface area contributed by atoms with E-state index in [1.54, 1.807) is 31.2 Å². The Kier molecular flexibility index (Phi) is 5.27. The smallest absolute Gasteiger partial charge is 0.175 e. The highest BCUT2D eigenvalue weighted by Gasteiger charge is 2.08. The quantitative estimate of drug-likeness (QED) is 0.649. The highest BCUT2D eigenvalue weighted by Crippen LogP contribution is 2.26. The standard InChI is InChI=1S/C14H10Cl3FN2S/c1-7-2-13(11(17)6-12(7)18)20-14(21)19-10-4-8(15)3-9(16)5-10/h2-6H,1H3,(H2,19,20,21). The first-order chi connectivity index (χ1) is 9.85. The molecule has 0 atom stereocenters. The molecule has 2 aromatic rings. The van der Waals surface area contributed by atoms with E-state index in [4.69, 9.17) is 47.0 Å². The largest absolute Gasteiger partial charge is 0.332 e. The van der Waals surface area contributed by atoms with Gasteiger partial charge in [0.05, 0.1) is 10.7 Å². The molecule has 0 aromatic heterocycles. The zero-order chi connectivity index (χ0) is 15.6. The lowest BCUT2D eigenvalue weighted by atomic mass is 10.2. The summed E-state index contributed by atoms with van der Waals surface area (Å²) >= 11 is 23.0. The SMILES string of the molecule is Cc1cc(NC(=S)Nc2cc(Cl)cc(Cl)c2)c(Cl)cc1F. The van der Waals surface area contributed by atoms with Crippen molar-refractivity contribution in [3.63, 3.8) is 0 Å². The monoisotopic (exact) mass is 362 g/mol. The molecule has 21 heavy (non-hydrogen) atoms. The molecule has 0 unspecified atom stereocenters. The zero-order valence-corrected chi connectivity index (χ0v) is 13.9. The minimum atomic E-state index is -0.369. The Hall–Kier alpha value is -1.07. The first kappa shape index (κ1) is 16.3. The van der Waals surface area contributed by atoms with E-state index in [2.05, 4.69) is 10.6 Å². The van der Waals surface area contributed by atoms with E-state index in [-0.39, 0.29) is 10.8 Å². The Morgan fingerprint density at radius 1 is 1.00 bits per heavy atom. The van der Waals surface area contributed by atoms with Crippen molar-refractivity contribution in [3.05, 3.63) is 56.8 Å². The minimum absolute atomic E-state index is 0.242. The van der Waals surface area contributed by atoms with E-state index < -0.39 is 0 Å². The van der Waals surface area contributed by atoms with Gasteiger partial charge >= 0.3 is 0 Å². The lowest BCUT2D eigenvalue weighted by Crippen LogP contribution is -2.19. The van der Waals surface area contributed by atoms with Crippen molar-refractivity contribution in [2.24, 2.45) is 0 Å². The Bertz CT molecular complexity index is 687. The maximum Gasteiger partial charge on any atom is 0.175 e. The van der Waals surface area contributed by atoms with Gasteiger partial charge in [0, 0.05) is 15.7 Å². The third kappa shape index (κ3) is 4.45. The van der Waals surface area contributed by atoms with Crippen LogP contribution in [0.25, 0.3) is 0 Å². The Balaban J connectivity index is 2.13. The molecule has 0 radical (unpaired) electrons. The molecule has 2 nitrogen and oxygen atoms in total. The van der Waals surface area contributed by atoms with Gasteiger partial charge < -0.3 is 10.6 Å². The van der Waals surface area contributed by atoms with E-state index in [0.717, 1.165) is 0 Å². The molecule has 110 valence electrons. The molecule has 0 saturated heterocycles. The van der Waals surface area contributed by atoms with Crippen LogP contribution in [0.2, 0.25) is 15.1 Å². The van der Waals surface area contributed by atoms with E-state index in [9.17, 15) is 4.39 Å². The van der Waals surface area contributed by atoms with Crippen LogP contribution in [0.15, 0.2) is 30.3 Å². The van der Waals surface area contributed by atoms with Crippen LogP contribution in [0, 0.1) is 12.7 Å². The van der Waals surface area contributed by atoms with Crippen molar-refractivity contribution in [1.82, 2.24) is 0 Å². The molecule has 0 spiro atoms. The maximum absolute atomic E-state index is 13.3. The second-order valence-electron chi connectivity index (χ2n) is 4.32. The minimum Gasteiger partial charge on any atom is -0.332 e. The van der Waals surface area contributed by atoms with Crippen LogP contribution in [0.5, 0.6) is 0 Å². The van der Waals surface area contributed by atoms with Crippen LogP contribution < -0.4 is 10.6 Å². The second kappa shape index (κ2) is 6.79. The number of rotatable bonds is 2. The fraction of sp³-hybridized carbons (Fsp3) is 0.0714. The fourth-order valence-corrected chi connectivity index (χ4v) is 2.62. The third-order valence-electron chi connectivity index (χ3n) is 2.62. The molecule has 0 saturated carbocycles. The van der Waals surface area contributed by atoms with Crippen molar-refractivity contribution in [1.29, 1.82) is 0 Å². The van der Waals surface area contributed by atoms with Gasteiger partial charge in [0.15, 0.2) is 5.11 Å². The number of aryl methyl sites for hydroxylation is 1.